The summed E-state index contributed by atoms with van der Waals surface area (Å²) in [5, 5.41) is 17.0. The maximum Gasteiger partial charge on any atom is 0.324 e. The fourth-order valence-electron chi connectivity index (χ4n) is 2.00. The van der Waals surface area contributed by atoms with E-state index in [9.17, 15) is 19.7 Å². The fourth-order valence-corrected chi connectivity index (χ4v) is 2.70. The standard InChI is InChI=1S/C17H18N4O4S/c1-11-3-4-13(9-12(11)2)19-15(22)6-7-16(23)20-18-10-14-5-8-17(26-14)21(24)25/h3-5,8-10H,6-7H2,1-2H3,(H,19,22)(H,20,23). The van der Waals surface area contributed by atoms with Crippen molar-refractivity contribution in [1.82, 2.24) is 5.43 Å². The first-order valence-electron chi connectivity index (χ1n) is 7.78. The molecule has 0 saturated heterocycles. The summed E-state index contributed by atoms with van der Waals surface area (Å²) in [5.74, 6) is -0.677. The second-order valence-electron chi connectivity index (χ2n) is 5.57. The minimum Gasteiger partial charge on any atom is -0.326 e. The van der Waals surface area contributed by atoms with Crippen LogP contribution >= 0.6 is 11.3 Å². The molecule has 0 aliphatic heterocycles. The maximum absolute atomic E-state index is 11.9. The molecule has 0 radical (unpaired) electrons. The number of aryl methyl sites for hydroxylation is 2. The quantitative estimate of drug-likeness (QED) is 0.440. The minimum atomic E-state index is -0.491. The number of thiophene rings is 1. The van der Waals surface area contributed by atoms with E-state index in [0.29, 0.717) is 10.6 Å². The number of hydrogen-bond acceptors (Lipinski definition) is 6. The zero-order valence-corrected chi connectivity index (χ0v) is 15.1. The second kappa shape index (κ2) is 8.86. The summed E-state index contributed by atoms with van der Waals surface area (Å²) in [6.07, 6.45) is 1.34. The Balaban J connectivity index is 1.75. The average Bonchev–Trinajstić information content (AvgIpc) is 3.06. The van der Waals surface area contributed by atoms with Crippen molar-refractivity contribution in [1.29, 1.82) is 0 Å². The minimum absolute atomic E-state index is 0.000732. The van der Waals surface area contributed by atoms with Gasteiger partial charge in [0.1, 0.15) is 0 Å². The highest BCUT2D eigenvalue weighted by atomic mass is 32.1. The Morgan fingerprint density at radius 3 is 2.54 bits per heavy atom. The molecule has 2 amide bonds. The number of nitrogens with one attached hydrogen (secondary N) is 2. The van der Waals surface area contributed by atoms with Crippen molar-refractivity contribution < 1.29 is 14.5 Å². The van der Waals surface area contributed by atoms with E-state index in [1.165, 1.54) is 18.3 Å². The van der Waals surface area contributed by atoms with E-state index in [-0.39, 0.29) is 23.7 Å². The summed E-state index contributed by atoms with van der Waals surface area (Å²) in [4.78, 5) is 34.2. The highest BCUT2D eigenvalue weighted by Gasteiger charge is 2.09. The van der Waals surface area contributed by atoms with E-state index in [1.807, 2.05) is 32.0 Å². The third-order valence-corrected chi connectivity index (χ3v) is 4.51. The zero-order chi connectivity index (χ0) is 19.1. The van der Waals surface area contributed by atoms with Gasteiger partial charge in [0.05, 0.1) is 16.0 Å². The van der Waals surface area contributed by atoms with Gasteiger partial charge in [-0.05, 0) is 43.2 Å². The molecule has 2 rings (SSSR count). The molecule has 136 valence electrons. The third-order valence-electron chi connectivity index (χ3n) is 3.54. The lowest BCUT2D eigenvalue weighted by Gasteiger charge is -2.07. The number of nitrogens with zero attached hydrogens (tertiary/aromatic N) is 2. The number of carbonyl (C=O) groups is 2. The molecule has 9 heteroatoms. The second-order valence-corrected chi connectivity index (χ2v) is 6.67. The largest absolute Gasteiger partial charge is 0.326 e. The van der Waals surface area contributed by atoms with Gasteiger partial charge in [0.25, 0.3) is 0 Å². The van der Waals surface area contributed by atoms with Crippen molar-refractivity contribution >= 4 is 40.1 Å². The van der Waals surface area contributed by atoms with Crippen molar-refractivity contribution in [3.8, 4) is 0 Å². The predicted molar refractivity (Wildman–Crippen MR) is 100 cm³/mol. The lowest BCUT2D eigenvalue weighted by atomic mass is 10.1. The number of anilines is 1. The van der Waals surface area contributed by atoms with E-state index >= 15 is 0 Å². The van der Waals surface area contributed by atoms with Crippen LogP contribution in [-0.2, 0) is 9.59 Å². The first kappa shape index (κ1) is 19.3. The normalized spacial score (nSPS) is 10.7. The van der Waals surface area contributed by atoms with Crippen LogP contribution in [0.5, 0.6) is 0 Å². The Labute approximate surface area is 154 Å². The summed E-state index contributed by atoms with van der Waals surface area (Å²) in [7, 11) is 0. The average molecular weight is 374 g/mol. The predicted octanol–water partition coefficient (Wildman–Crippen LogP) is 3.14. The molecule has 0 fully saturated rings. The Morgan fingerprint density at radius 2 is 1.88 bits per heavy atom. The van der Waals surface area contributed by atoms with Gasteiger partial charge >= 0.3 is 5.00 Å². The van der Waals surface area contributed by atoms with E-state index < -0.39 is 10.8 Å². The fraction of sp³-hybridized carbons (Fsp3) is 0.235. The molecule has 0 unspecified atom stereocenters. The lowest BCUT2D eigenvalue weighted by molar-refractivity contribution is -0.380. The molecule has 1 aromatic heterocycles. The molecular formula is C17H18N4O4S. The highest BCUT2D eigenvalue weighted by Crippen LogP contribution is 2.22. The van der Waals surface area contributed by atoms with Crippen molar-refractivity contribution in [2.24, 2.45) is 5.10 Å². The smallest absolute Gasteiger partial charge is 0.324 e. The monoisotopic (exact) mass is 374 g/mol. The molecule has 2 aromatic rings. The molecule has 8 nitrogen and oxygen atoms in total. The van der Waals surface area contributed by atoms with Gasteiger partial charge in [-0.15, -0.1) is 0 Å². The van der Waals surface area contributed by atoms with Crippen molar-refractivity contribution in [2.45, 2.75) is 26.7 Å². The van der Waals surface area contributed by atoms with Gasteiger partial charge in [-0.25, -0.2) is 5.43 Å². The number of benzene rings is 1. The van der Waals surface area contributed by atoms with E-state index in [2.05, 4.69) is 15.8 Å². The topological polar surface area (TPSA) is 114 Å². The molecule has 0 aliphatic rings. The van der Waals surface area contributed by atoms with Crippen LogP contribution in [0.15, 0.2) is 35.4 Å². The first-order chi connectivity index (χ1) is 12.3. The summed E-state index contributed by atoms with van der Waals surface area (Å²) in [6, 6.07) is 8.50. The van der Waals surface area contributed by atoms with Crippen molar-refractivity contribution in [2.75, 3.05) is 5.32 Å². The van der Waals surface area contributed by atoms with Crippen LogP contribution in [0.1, 0.15) is 28.8 Å². The molecule has 0 bridgehead atoms. The number of amides is 2. The lowest BCUT2D eigenvalue weighted by Crippen LogP contribution is -2.20. The summed E-state index contributed by atoms with van der Waals surface area (Å²) in [5.41, 5.74) is 5.19. The molecular weight excluding hydrogens is 356 g/mol. The maximum atomic E-state index is 11.9. The first-order valence-corrected chi connectivity index (χ1v) is 8.60. The van der Waals surface area contributed by atoms with Crippen LogP contribution in [0.4, 0.5) is 10.7 Å². The van der Waals surface area contributed by atoms with Gasteiger partial charge in [-0.1, -0.05) is 17.4 Å². The zero-order valence-electron chi connectivity index (χ0n) is 14.3. The van der Waals surface area contributed by atoms with Crippen molar-refractivity contribution in [3.05, 3.63) is 56.5 Å². The van der Waals surface area contributed by atoms with E-state index in [0.717, 1.165) is 22.5 Å². The molecule has 1 heterocycles. The van der Waals surface area contributed by atoms with Crippen LogP contribution in [-0.4, -0.2) is 23.0 Å². The summed E-state index contributed by atoms with van der Waals surface area (Å²) >= 11 is 0.950. The van der Waals surface area contributed by atoms with Gasteiger partial charge in [-0.3, -0.25) is 19.7 Å². The molecule has 0 aliphatic carbocycles. The number of carbonyl (C=O) groups excluding carboxylic acids is 2. The number of nitro groups is 1. The van der Waals surface area contributed by atoms with Gasteiger partial charge in [0, 0.05) is 24.6 Å². The van der Waals surface area contributed by atoms with Gasteiger partial charge in [-0.2, -0.15) is 5.10 Å². The molecule has 0 atom stereocenters. The molecule has 0 spiro atoms. The van der Waals surface area contributed by atoms with E-state index in [4.69, 9.17) is 0 Å². The van der Waals surface area contributed by atoms with Crippen LogP contribution < -0.4 is 10.7 Å². The van der Waals surface area contributed by atoms with Gasteiger partial charge < -0.3 is 5.32 Å². The van der Waals surface area contributed by atoms with Gasteiger partial charge in [0.2, 0.25) is 11.8 Å². The van der Waals surface area contributed by atoms with Crippen LogP contribution in [0.2, 0.25) is 0 Å². The van der Waals surface area contributed by atoms with Crippen LogP contribution in [0.3, 0.4) is 0 Å². The Morgan fingerprint density at radius 1 is 1.15 bits per heavy atom. The Hall–Kier alpha value is -3.07. The highest BCUT2D eigenvalue weighted by molar-refractivity contribution is 7.16. The molecule has 1 aromatic carbocycles. The molecule has 0 saturated carbocycles. The SMILES string of the molecule is Cc1ccc(NC(=O)CCC(=O)NN=Cc2ccc([N+](=O)[O-])s2)cc1C. The van der Waals surface area contributed by atoms with Crippen LogP contribution in [0.25, 0.3) is 0 Å². The van der Waals surface area contributed by atoms with Crippen molar-refractivity contribution in [3.63, 3.8) is 0 Å². The number of hydrazone groups is 1. The number of rotatable bonds is 7. The Kier molecular flexibility index (Phi) is 6.56. The molecule has 26 heavy (non-hydrogen) atoms. The summed E-state index contributed by atoms with van der Waals surface area (Å²) in [6.45, 7) is 3.94. The van der Waals surface area contributed by atoms with Gasteiger partial charge in [0.15, 0.2) is 0 Å². The third kappa shape index (κ3) is 5.78. The summed E-state index contributed by atoms with van der Waals surface area (Å²) < 4.78 is 0. The van der Waals surface area contributed by atoms with E-state index in [1.54, 1.807) is 0 Å². The van der Waals surface area contributed by atoms with Crippen LogP contribution in [0, 0.1) is 24.0 Å². The Bertz CT molecular complexity index is 860. The number of hydrogen-bond donors (Lipinski definition) is 2. The molecule has 2 N–H and O–H groups in total.